The average Bonchev–Trinajstić information content (AvgIpc) is 2.73. The van der Waals surface area contributed by atoms with E-state index in [1.165, 1.54) is 32.2 Å². The number of nitrogens with two attached hydrogens (primary N) is 1. The predicted octanol–water partition coefficient (Wildman–Crippen LogP) is 4.22. The molecule has 3 rings (SSSR count). The van der Waals surface area contributed by atoms with Crippen LogP contribution < -0.4 is 5.73 Å². The van der Waals surface area contributed by atoms with E-state index in [1.807, 2.05) is 6.07 Å². The third kappa shape index (κ3) is 2.17. The van der Waals surface area contributed by atoms with E-state index in [1.54, 1.807) is 0 Å². The molecule has 0 spiro atoms. The lowest BCUT2D eigenvalue weighted by Crippen LogP contribution is -2.07. The van der Waals surface area contributed by atoms with E-state index in [2.05, 4.69) is 69.9 Å². The van der Waals surface area contributed by atoms with E-state index in [0.29, 0.717) is 6.54 Å². The molecule has 1 heterocycles. The Hall–Kier alpha value is -1.58. The molecule has 0 fully saturated rings. The van der Waals surface area contributed by atoms with Gasteiger partial charge in [-0.25, -0.2) is 0 Å². The smallest absolute Gasteiger partial charge is 0.0497 e. The number of para-hydroxylation sites is 1. The molecule has 0 aliphatic carbocycles. The highest BCUT2D eigenvalue weighted by atomic mass is 79.9. The quantitative estimate of drug-likeness (QED) is 0.766. The molecule has 0 radical (unpaired) electrons. The summed E-state index contributed by atoms with van der Waals surface area (Å²) in [7, 11) is 0. The van der Waals surface area contributed by atoms with Crippen molar-refractivity contribution in [3.8, 4) is 0 Å². The molecule has 0 saturated carbocycles. The van der Waals surface area contributed by atoms with Crippen molar-refractivity contribution in [2.75, 3.05) is 0 Å². The summed E-state index contributed by atoms with van der Waals surface area (Å²) in [6, 6.07) is 16.8. The first-order chi connectivity index (χ1) is 9.72. The molecule has 3 heteroatoms. The molecule has 0 atom stereocenters. The molecule has 3 aromatic rings. The molecule has 0 amide bonds. The number of halogens is 1. The Morgan fingerprint density at radius 3 is 2.40 bits per heavy atom. The Bertz CT molecular complexity index is 759. The van der Waals surface area contributed by atoms with Crippen molar-refractivity contribution >= 4 is 26.8 Å². The second-order valence-electron chi connectivity index (χ2n) is 4.98. The van der Waals surface area contributed by atoms with Crippen molar-refractivity contribution in [1.29, 1.82) is 0 Å². The molecule has 2 nitrogen and oxygen atoms in total. The Morgan fingerprint density at radius 2 is 1.65 bits per heavy atom. The van der Waals surface area contributed by atoms with Gasteiger partial charge in [0.05, 0.1) is 0 Å². The molecule has 2 N–H and O–H groups in total. The molecule has 2 aromatic carbocycles. The highest BCUT2D eigenvalue weighted by molar-refractivity contribution is 9.10. The third-order valence-corrected chi connectivity index (χ3v) is 4.82. The monoisotopic (exact) mass is 328 g/mol. The Balaban J connectivity index is 2.14. The number of rotatable bonds is 3. The van der Waals surface area contributed by atoms with Gasteiger partial charge >= 0.3 is 0 Å². The maximum Gasteiger partial charge on any atom is 0.0497 e. The summed E-state index contributed by atoms with van der Waals surface area (Å²) in [5.41, 5.74) is 10.8. The van der Waals surface area contributed by atoms with Crippen LogP contribution in [0.2, 0.25) is 0 Å². The standard InChI is InChI=1S/C17H17BrN2/c1-12-17(18)15-8-4-5-9-16(15)20(12)11-14-7-3-2-6-13(14)10-19/h2-9H,10-11,19H2,1H3. The molecule has 0 aliphatic rings. The first-order valence-electron chi connectivity index (χ1n) is 6.72. The second-order valence-corrected chi connectivity index (χ2v) is 5.77. The molecule has 1 aromatic heterocycles. The van der Waals surface area contributed by atoms with E-state index >= 15 is 0 Å². The van der Waals surface area contributed by atoms with Crippen LogP contribution in [0.3, 0.4) is 0 Å². The third-order valence-electron chi connectivity index (χ3n) is 3.82. The zero-order valence-corrected chi connectivity index (χ0v) is 13.0. The summed E-state index contributed by atoms with van der Waals surface area (Å²) >= 11 is 3.71. The van der Waals surface area contributed by atoms with Gasteiger partial charge in [0.2, 0.25) is 0 Å². The number of nitrogens with zero attached hydrogens (tertiary/aromatic N) is 1. The van der Waals surface area contributed by atoms with Crippen LogP contribution in [-0.2, 0) is 13.1 Å². The lowest BCUT2D eigenvalue weighted by atomic mass is 10.1. The number of hydrogen-bond acceptors (Lipinski definition) is 1. The van der Waals surface area contributed by atoms with Crippen LogP contribution in [0.4, 0.5) is 0 Å². The number of hydrogen-bond donors (Lipinski definition) is 1. The minimum Gasteiger partial charge on any atom is -0.339 e. The maximum atomic E-state index is 5.84. The molecule has 20 heavy (non-hydrogen) atoms. The van der Waals surface area contributed by atoms with E-state index < -0.39 is 0 Å². The summed E-state index contributed by atoms with van der Waals surface area (Å²) in [5, 5.41) is 1.26. The summed E-state index contributed by atoms with van der Waals surface area (Å²) in [5.74, 6) is 0. The topological polar surface area (TPSA) is 30.9 Å². The van der Waals surface area contributed by atoms with Crippen LogP contribution >= 0.6 is 15.9 Å². The van der Waals surface area contributed by atoms with Crippen LogP contribution in [-0.4, -0.2) is 4.57 Å². The minimum atomic E-state index is 0.579. The van der Waals surface area contributed by atoms with Crippen LogP contribution in [0.5, 0.6) is 0 Å². The Kier molecular flexibility index (Phi) is 3.64. The predicted molar refractivity (Wildman–Crippen MR) is 87.8 cm³/mol. The molecule has 0 bridgehead atoms. The maximum absolute atomic E-state index is 5.84. The minimum absolute atomic E-state index is 0.579. The van der Waals surface area contributed by atoms with Gasteiger partial charge in [-0.1, -0.05) is 42.5 Å². The molecule has 102 valence electrons. The van der Waals surface area contributed by atoms with Gasteiger partial charge in [-0.3, -0.25) is 0 Å². The molecule has 0 unspecified atom stereocenters. The van der Waals surface area contributed by atoms with Gasteiger partial charge in [-0.05, 0) is 40.0 Å². The van der Waals surface area contributed by atoms with Crippen molar-refractivity contribution in [1.82, 2.24) is 4.57 Å². The fourth-order valence-corrected chi connectivity index (χ4v) is 3.22. The summed E-state index contributed by atoms with van der Waals surface area (Å²) in [6.07, 6.45) is 0. The molecular weight excluding hydrogens is 312 g/mol. The fourth-order valence-electron chi connectivity index (χ4n) is 2.67. The van der Waals surface area contributed by atoms with Gasteiger partial charge < -0.3 is 10.3 Å². The van der Waals surface area contributed by atoms with Crippen molar-refractivity contribution < 1.29 is 0 Å². The summed E-state index contributed by atoms with van der Waals surface area (Å²) < 4.78 is 3.52. The lowest BCUT2D eigenvalue weighted by molar-refractivity contribution is 0.790. The SMILES string of the molecule is Cc1c(Br)c2ccccc2n1Cc1ccccc1CN. The van der Waals surface area contributed by atoms with Crippen LogP contribution in [0, 0.1) is 6.92 Å². The number of benzene rings is 2. The largest absolute Gasteiger partial charge is 0.339 e. The van der Waals surface area contributed by atoms with Crippen LogP contribution in [0.15, 0.2) is 53.0 Å². The Labute approximate surface area is 127 Å². The lowest BCUT2D eigenvalue weighted by Gasteiger charge is -2.12. The van der Waals surface area contributed by atoms with Gasteiger partial charge in [0, 0.05) is 34.2 Å². The van der Waals surface area contributed by atoms with Crippen molar-refractivity contribution in [3.05, 3.63) is 69.8 Å². The van der Waals surface area contributed by atoms with Crippen molar-refractivity contribution in [3.63, 3.8) is 0 Å². The second kappa shape index (κ2) is 5.43. The van der Waals surface area contributed by atoms with E-state index in [-0.39, 0.29) is 0 Å². The molecule has 0 saturated heterocycles. The zero-order valence-electron chi connectivity index (χ0n) is 11.4. The Morgan fingerprint density at radius 1 is 1.00 bits per heavy atom. The zero-order chi connectivity index (χ0) is 14.1. The average molecular weight is 329 g/mol. The highest BCUT2D eigenvalue weighted by Crippen LogP contribution is 2.31. The highest BCUT2D eigenvalue weighted by Gasteiger charge is 2.12. The van der Waals surface area contributed by atoms with E-state index in [4.69, 9.17) is 5.73 Å². The van der Waals surface area contributed by atoms with Gasteiger partial charge in [0.1, 0.15) is 0 Å². The van der Waals surface area contributed by atoms with Gasteiger partial charge in [0.15, 0.2) is 0 Å². The first-order valence-corrected chi connectivity index (χ1v) is 7.52. The van der Waals surface area contributed by atoms with E-state index in [9.17, 15) is 0 Å². The number of aromatic nitrogens is 1. The summed E-state index contributed by atoms with van der Waals surface area (Å²) in [4.78, 5) is 0. The van der Waals surface area contributed by atoms with Gasteiger partial charge in [-0.15, -0.1) is 0 Å². The molecule has 0 aliphatic heterocycles. The van der Waals surface area contributed by atoms with Crippen molar-refractivity contribution in [2.45, 2.75) is 20.0 Å². The first kappa shape index (κ1) is 13.4. The fraction of sp³-hybridized carbons (Fsp3) is 0.176. The van der Waals surface area contributed by atoms with Crippen LogP contribution in [0.25, 0.3) is 10.9 Å². The molecular formula is C17H17BrN2. The number of fused-ring (bicyclic) bond motifs is 1. The summed E-state index contributed by atoms with van der Waals surface area (Å²) in [6.45, 7) is 3.58. The van der Waals surface area contributed by atoms with Gasteiger partial charge in [-0.2, -0.15) is 0 Å². The van der Waals surface area contributed by atoms with Crippen molar-refractivity contribution in [2.24, 2.45) is 5.73 Å². The van der Waals surface area contributed by atoms with Gasteiger partial charge in [0.25, 0.3) is 0 Å². The van der Waals surface area contributed by atoms with Crippen LogP contribution in [0.1, 0.15) is 16.8 Å². The van der Waals surface area contributed by atoms with E-state index in [0.717, 1.165) is 6.54 Å². The normalized spacial score (nSPS) is 11.2.